The van der Waals surface area contributed by atoms with E-state index in [1.165, 1.54) is 0 Å². The molecule has 1 aromatic carbocycles. The summed E-state index contributed by atoms with van der Waals surface area (Å²) in [6.07, 6.45) is 8.19. The molecule has 3 aliphatic heterocycles. The molecule has 3 saturated heterocycles. The summed E-state index contributed by atoms with van der Waals surface area (Å²) in [6, 6.07) is 9.24. The summed E-state index contributed by atoms with van der Waals surface area (Å²) < 4.78 is -0.666. The highest BCUT2D eigenvalue weighted by atomic mass is 79.9. The number of nitrogens with zero attached hydrogens (tertiary/aromatic N) is 3. The highest BCUT2D eigenvalue weighted by Crippen LogP contribution is 2.68. The van der Waals surface area contributed by atoms with Crippen molar-refractivity contribution in [1.82, 2.24) is 14.7 Å². The van der Waals surface area contributed by atoms with Gasteiger partial charge in [0.2, 0.25) is 17.7 Å². The summed E-state index contributed by atoms with van der Waals surface area (Å²) in [4.78, 5) is 48.5. The van der Waals surface area contributed by atoms with E-state index in [1.807, 2.05) is 47.1 Å². The number of hydrogen-bond donors (Lipinski definition) is 1. The zero-order chi connectivity index (χ0) is 29.6. The van der Waals surface area contributed by atoms with Gasteiger partial charge >= 0.3 is 0 Å². The number of halogens is 1. The lowest BCUT2D eigenvalue weighted by Gasteiger charge is -2.38. The van der Waals surface area contributed by atoms with Crippen LogP contribution < -0.4 is 0 Å². The topological polar surface area (TPSA) is 81.2 Å². The van der Waals surface area contributed by atoms with Crippen molar-refractivity contribution >= 4 is 45.4 Å². The van der Waals surface area contributed by atoms with E-state index in [1.54, 1.807) is 28.8 Å². The summed E-state index contributed by atoms with van der Waals surface area (Å²) in [6.45, 7) is 12.3. The average molecular weight is 647 g/mol. The van der Waals surface area contributed by atoms with Crippen LogP contribution in [0.25, 0.3) is 0 Å². The number of likely N-dealkylation sites (tertiary alicyclic amines) is 1. The summed E-state index contributed by atoms with van der Waals surface area (Å²) in [5.74, 6) is -1.15. The van der Waals surface area contributed by atoms with Crippen molar-refractivity contribution in [1.29, 1.82) is 0 Å². The van der Waals surface area contributed by atoms with Crippen molar-refractivity contribution in [2.24, 2.45) is 11.8 Å². The Labute approximate surface area is 257 Å². The molecule has 0 radical (unpaired) electrons. The lowest BCUT2D eigenvalue weighted by Crippen LogP contribution is -2.55. The van der Waals surface area contributed by atoms with Crippen LogP contribution in [0.4, 0.5) is 0 Å². The summed E-state index contributed by atoms with van der Waals surface area (Å²) in [5, 5.41) is 9.14. The Morgan fingerprint density at radius 3 is 2.44 bits per heavy atom. The number of benzene rings is 1. The number of fused-ring (bicyclic) bond motifs is 1. The number of alkyl halides is 1. The van der Waals surface area contributed by atoms with Crippen molar-refractivity contribution in [3.8, 4) is 0 Å². The van der Waals surface area contributed by atoms with Crippen LogP contribution in [0.15, 0.2) is 55.6 Å². The van der Waals surface area contributed by atoms with Crippen LogP contribution in [0.5, 0.6) is 0 Å². The quantitative estimate of drug-likeness (QED) is 0.161. The Bertz CT molecular complexity index is 1100. The zero-order valence-electron chi connectivity index (χ0n) is 24.1. The van der Waals surface area contributed by atoms with Crippen molar-refractivity contribution in [2.75, 3.05) is 32.8 Å². The number of aliphatic hydroxyl groups is 1. The maximum absolute atomic E-state index is 14.6. The normalized spacial score (nSPS) is 28.0. The molecule has 4 rings (SSSR count). The highest BCUT2D eigenvalue weighted by Gasteiger charge is 2.75. The van der Waals surface area contributed by atoms with Crippen molar-refractivity contribution in [2.45, 2.75) is 72.9 Å². The van der Waals surface area contributed by atoms with Gasteiger partial charge in [0.15, 0.2) is 0 Å². The van der Waals surface area contributed by atoms with Crippen LogP contribution in [0, 0.1) is 11.8 Å². The first-order valence-corrected chi connectivity index (χ1v) is 16.7. The predicted molar refractivity (Wildman–Crippen MR) is 169 cm³/mol. The molecule has 7 nitrogen and oxygen atoms in total. The van der Waals surface area contributed by atoms with Gasteiger partial charge in [-0.25, -0.2) is 0 Å². The van der Waals surface area contributed by atoms with E-state index in [0.29, 0.717) is 39.1 Å². The van der Waals surface area contributed by atoms with Gasteiger partial charge < -0.3 is 19.8 Å². The number of unbranched alkanes of at least 4 members (excludes halogenated alkanes) is 3. The van der Waals surface area contributed by atoms with Gasteiger partial charge in [0.05, 0.1) is 16.6 Å². The molecule has 3 fully saturated rings. The first-order chi connectivity index (χ1) is 19.8. The molecule has 1 spiro atoms. The van der Waals surface area contributed by atoms with E-state index in [2.05, 4.69) is 29.1 Å². The van der Waals surface area contributed by atoms with Crippen LogP contribution in [0.1, 0.15) is 51.0 Å². The smallest absolute Gasteiger partial charge is 0.247 e. The molecular weight excluding hydrogens is 602 g/mol. The molecule has 41 heavy (non-hydrogen) atoms. The fourth-order valence-electron chi connectivity index (χ4n) is 6.97. The molecule has 2 bridgehead atoms. The summed E-state index contributed by atoms with van der Waals surface area (Å²) in [7, 11) is 0. The maximum atomic E-state index is 14.6. The zero-order valence-corrected chi connectivity index (χ0v) is 26.5. The molecule has 6 atom stereocenters. The average Bonchev–Trinajstić information content (AvgIpc) is 3.55. The van der Waals surface area contributed by atoms with Crippen LogP contribution >= 0.6 is 27.7 Å². The molecule has 3 unspecified atom stereocenters. The number of rotatable bonds is 16. The third kappa shape index (κ3) is 6.32. The minimum atomic E-state index is -0.666. The fraction of sp³-hybridized carbons (Fsp3) is 0.594. The van der Waals surface area contributed by atoms with E-state index >= 15 is 0 Å². The minimum absolute atomic E-state index is 0.00291. The number of amides is 3. The van der Waals surface area contributed by atoms with Crippen molar-refractivity contribution < 1.29 is 19.5 Å². The van der Waals surface area contributed by atoms with Gasteiger partial charge in [0, 0.05) is 49.4 Å². The van der Waals surface area contributed by atoms with Gasteiger partial charge in [0.25, 0.3) is 0 Å². The molecule has 1 N–H and O–H groups in total. The Morgan fingerprint density at radius 2 is 1.78 bits per heavy atom. The number of carbonyl (C=O) groups is 3. The lowest BCUT2D eigenvalue weighted by molar-refractivity contribution is -0.144. The number of thioether (sulfide) groups is 1. The van der Waals surface area contributed by atoms with E-state index in [0.717, 1.165) is 37.7 Å². The monoisotopic (exact) mass is 645 g/mol. The Hall–Kier alpha value is -2.10. The second kappa shape index (κ2) is 14.4. The first kappa shape index (κ1) is 31.8. The van der Waals surface area contributed by atoms with Crippen LogP contribution in [0.2, 0.25) is 0 Å². The van der Waals surface area contributed by atoms with Crippen molar-refractivity contribution in [3.63, 3.8) is 0 Å². The van der Waals surface area contributed by atoms with E-state index in [9.17, 15) is 19.5 Å². The van der Waals surface area contributed by atoms with E-state index in [-0.39, 0.29) is 34.4 Å². The largest absolute Gasteiger partial charge is 0.396 e. The van der Waals surface area contributed by atoms with Gasteiger partial charge in [0.1, 0.15) is 6.04 Å². The number of aliphatic hydroxyl groups excluding tert-OH is 1. The van der Waals surface area contributed by atoms with Crippen LogP contribution in [0.3, 0.4) is 0 Å². The predicted octanol–water partition coefficient (Wildman–Crippen LogP) is 4.64. The third-order valence-corrected chi connectivity index (χ3v) is 11.9. The van der Waals surface area contributed by atoms with Gasteiger partial charge in [-0.15, -0.1) is 24.9 Å². The molecule has 1 aromatic rings. The Balaban J connectivity index is 1.70. The summed E-state index contributed by atoms with van der Waals surface area (Å²) >= 11 is 5.57. The Kier molecular flexibility index (Phi) is 11.2. The molecule has 9 heteroatoms. The summed E-state index contributed by atoms with van der Waals surface area (Å²) in [5.41, 5.74) is 1.02. The third-order valence-electron chi connectivity index (χ3n) is 8.65. The standard InChI is InChI=1S/C32H44BrN3O4S/c1-4-16-34(17-5-2)29(38)25-26-30(39)36(19-12-7-8-13-20-37)28(32(26)21-24(33)27(25)41-32)31(40)35(18-6-3)22-23-14-10-9-11-15-23/h4,6,9-11,14-15,24-28,37H,1,3,5,7-8,12-13,16-22H2,2H3/t24?,25-,26-,27-,28?,32?/m0/s1. The second-order valence-electron chi connectivity index (χ2n) is 11.4. The first-order valence-electron chi connectivity index (χ1n) is 14.9. The van der Waals surface area contributed by atoms with Crippen LogP contribution in [-0.2, 0) is 20.9 Å². The lowest BCUT2D eigenvalue weighted by atomic mass is 9.70. The maximum Gasteiger partial charge on any atom is 0.247 e. The van der Waals surface area contributed by atoms with Gasteiger partial charge in [-0.1, -0.05) is 78.2 Å². The molecule has 3 aliphatic rings. The second-order valence-corrected chi connectivity index (χ2v) is 14.1. The van der Waals surface area contributed by atoms with E-state index < -0.39 is 22.6 Å². The van der Waals surface area contributed by atoms with Crippen molar-refractivity contribution in [3.05, 3.63) is 61.2 Å². The molecule has 224 valence electrons. The molecule has 0 aromatic heterocycles. The molecule has 0 aliphatic carbocycles. The van der Waals surface area contributed by atoms with Gasteiger partial charge in [-0.3, -0.25) is 14.4 Å². The SMILES string of the molecule is C=CCN(Cc1ccccc1)C(=O)C1N(CCCCCCO)C(=O)[C@@H]2[C@H](C(=O)N(CC=C)CCC)[C@H]3SC12CC3Br. The van der Waals surface area contributed by atoms with Gasteiger partial charge in [-0.05, 0) is 31.2 Å². The number of hydrogen-bond acceptors (Lipinski definition) is 5. The number of carbonyl (C=O) groups excluding carboxylic acids is 3. The molecular formula is C32H44BrN3O4S. The minimum Gasteiger partial charge on any atom is -0.396 e. The van der Waals surface area contributed by atoms with E-state index in [4.69, 9.17) is 0 Å². The molecule has 0 saturated carbocycles. The van der Waals surface area contributed by atoms with Gasteiger partial charge in [-0.2, -0.15) is 0 Å². The molecule has 3 heterocycles. The molecule has 3 amide bonds. The fourth-order valence-corrected chi connectivity index (χ4v) is 10.6. The Morgan fingerprint density at radius 1 is 1.10 bits per heavy atom. The van der Waals surface area contributed by atoms with Crippen LogP contribution in [-0.4, -0.2) is 91.2 Å². The highest BCUT2D eigenvalue weighted by molar-refractivity contribution is 9.09.